The Bertz CT molecular complexity index is 403. The normalized spacial score (nSPS) is 12.0. The average molecular weight is 227 g/mol. The van der Waals surface area contributed by atoms with Gasteiger partial charge in [0.2, 0.25) is 0 Å². The van der Waals surface area contributed by atoms with Crippen LogP contribution >= 0.6 is 10.7 Å². The second kappa shape index (κ2) is 3.59. The Balaban J connectivity index is 3.37. The molecule has 1 rings (SSSR count). The maximum absolute atomic E-state index is 12.2. The van der Waals surface area contributed by atoms with Crippen molar-refractivity contribution in [3.63, 3.8) is 0 Å². The monoisotopic (exact) mass is 226 g/mol. The molecule has 6 heteroatoms. The average Bonchev–Trinajstić information content (AvgIpc) is 2.03. The number of benzene rings is 1. The molecule has 0 spiro atoms. The fourth-order valence-corrected chi connectivity index (χ4v) is 1.98. The molecule has 0 saturated heterocycles. The molecule has 0 unspecified atom stereocenters. The zero-order valence-corrected chi connectivity index (χ0v) is 7.82. The molecule has 1 aromatic carbocycles. The van der Waals surface area contributed by atoms with Crippen LogP contribution in [-0.4, -0.2) is 8.42 Å². The first-order chi connectivity index (χ1) is 5.93. The first kappa shape index (κ1) is 10.4. The molecule has 0 aliphatic carbocycles. The summed E-state index contributed by atoms with van der Waals surface area (Å²) >= 11 is 0. The zero-order chi connectivity index (χ0) is 10.1. The molecule has 0 amide bonds. The molecule has 72 valence electrons. The molecule has 0 radical (unpaired) electrons. The van der Waals surface area contributed by atoms with Crippen LogP contribution in [0.1, 0.15) is 12.0 Å². The van der Waals surface area contributed by atoms with Gasteiger partial charge in [0.05, 0.1) is 4.90 Å². The van der Waals surface area contributed by atoms with Gasteiger partial charge in [0, 0.05) is 16.2 Å². The van der Waals surface area contributed by atoms with Gasteiger partial charge in [-0.3, -0.25) is 0 Å². The lowest BCUT2D eigenvalue weighted by atomic mass is 10.2. The Hall–Kier alpha value is -0.680. The quantitative estimate of drug-likeness (QED) is 0.727. The zero-order valence-electron chi connectivity index (χ0n) is 6.25. The Kier molecular flexibility index (Phi) is 2.87. The van der Waals surface area contributed by atoms with Gasteiger partial charge in [-0.25, -0.2) is 17.2 Å². The largest absolute Gasteiger partial charge is 0.265 e. The minimum absolute atomic E-state index is 0.535. The van der Waals surface area contributed by atoms with Crippen molar-refractivity contribution in [1.82, 2.24) is 0 Å². The van der Waals surface area contributed by atoms with Crippen molar-refractivity contribution in [2.75, 3.05) is 0 Å². The van der Waals surface area contributed by atoms with Crippen molar-refractivity contribution in [1.29, 1.82) is 0 Å². The number of rotatable bonds is 2. The van der Waals surface area contributed by atoms with E-state index in [4.69, 9.17) is 10.7 Å². The molecule has 0 aromatic heterocycles. The highest BCUT2D eigenvalue weighted by atomic mass is 35.7. The molecule has 2 nitrogen and oxygen atoms in total. The Labute approximate surface area is 78.6 Å². The number of hydrogen-bond donors (Lipinski definition) is 0. The molecular weight excluding hydrogens is 222 g/mol. The van der Waals surface area contributed by atoms with Crippen molar-refractivity contribution < 1.29 is 17.2 Å². The van der Waals surface area contributed by atoms with Gasteiger partial charge in [-0.05, 0) is 6.07 Å². The third-order valence-electron chi connectivity index (χ3n) is 1.42. The molecule has 0 saturated carbocycles. The molecule has 1 aromatic rings. The third kappa shape index (κ3) is 2.38. The molecular formula is C7H5ClF2O2S. The van der Waals surface area contributed by atoms with Gasteiger partial charge in [-0.15, -0.1) is 0 Å². The second-order valence-electron chi connectivity index (χ2n) is 2.28. The van der Waals surface area contributed by atoms with Gasteiger partial charge in [-0.2, -0.15) is 0 Å². The predicted molar refractivity (Wildman–Crippen MR) is 44.4 cm³/mol. The van der Waals surface area contributed by atoms with E-state index in [1.54, 1.807) is 0 Å². The van der Waals surface area contributed by atoms with Crippen molar-refractivity contribution in [2.24, 2.45) is 0 Å². The molecule has 0 fully saturated rings. The van der Waals surface area contributed by atoms with Gasteiger partial charge >= 0.3 is 0 Å². The second-order valence-corrected chi connectivity index (χ2v) is 4.81. The van der Waals surface area contributed by atoms with E-state index in [0.717, 1.165) is 12.1 Å². The van der Waals surface area contributed by atoms with E-state index in [1.165, 1.54) is 12.1 Å². The minimum atomic E-state index is -4.09. The topological polar surface area (TPSA) is 34.1 Å². The van der Waals surface area contributed by atoms with Gasteiger partial charge < -0.3 is 0 Å². The standard InChI is InChI=1S/C7H5ClF2O2S/c8-13(11,12)6-4-2-1-3-5(6)7(9)10/h1-4,7H. The maximum Gasteiger partial charge on any atom is 0.265 e. The van der Waals surface area contributed by atoms with Gasteiger partial charge in [0.25, 0.3) is 15.5 Å². The van der Waals surface area contributed by atoms with Crippen molar-refractivity contribution in [3.8, 4) is 0 Å². The Morgan fingerprint density at radius 1 is 1.23 bits per heavy atom. The van der Waals surface area contributed by atoms with Crippen LogP contribution in [0, 0.1) is 0 Å². The van der Waals surface area contributed by atoms with E-state index in [1.807, 2.05) is 0 Å². The highest BCUT2D eigenvalue weighted by Gasteiger charge is 2.20. The molecule has 0 heterocycles. The Morgan fingerprint density at radius 2 is 1.77 bits per heavy atom. The van der Waals surface area contributed by atoms with Crippen LogP contribution in [0.25, 0.3) is 0 Å². The number of hydrogen-bond acceptors (Lipinski definition) is 2. The third-order valence-corrected chi connectivity index (χ3v) is 2.81. The van der Waals surface area contributed by atoms with Gasteiger partial charge in [-0.1, -0.05) is 18.2 Å². The van der Waals surface area contributed by atoms with Crippen LogP contribution in [0.4, 0.5) is 8.78 Å². The summed E-state index contributed by atoms with van der Waals surface area (Å²) in [7, 11) is 0.860. The fourth-order valence-electron chi connectivity index (χ4n) is 0.883. The molecule has 0 bridgehead atoms. The van der Waals surface area contributed by atoms with E-state index >= 15 is 0 Å². The number of alkyl halides is 2. The predicted octanol–water partition coefficient (Wildman–Crippen LogP) is 2.55. The summed E-state index contributed by atoms with van der Waals surface area (Å²) in [5.41, 5.74) is -0.572. The van der Waals surface area contributed by atoms with Gasteiger partial charge in [0.1, 0.15) is 0 Å². The Morgan fingerprint density at radius 3 is 2.15 bits per heavy atom. The van der Waals surface area contributed by atoms with E-state index in [9.17, 15) is 17.2 Å². The summed E-state index contributed by atoms with van der Waals surface area (Å²) in [5, 5.41) is 0. The van der Waals surface area contributed by atoms with Crippen LogP contribution in [0.2, 0.25) is 0 Å². The summed E-state index contributed by atoms with van der Waals surface area (Å²) in [4.78, 5) is -0.535. The van der Waals surface area contributed by atoms with Crippen molar-refractivity contribution in [2.45, 2.75) is 11.3 Å². The molecule has 0 N–H and O–H groups in total. The van der Waals surface area contributed by atoms with Crippen LogP contribution in [0.5, 0.6) is 0 Å². The lowest BCUT2D eigenvalue weighted by Gasteiger charge is -2.03. The smallest absolute Gasteiger partial charge is 0.207 e. The van der Waals surface area contributed by atoms with Crippen LogP contribution in [0.3, 0.4) is 0 Å². The maximum atomic E-state index is 12.2. The molecule has 0 aliphatic rings. The first-order valence-corrected chi connectivity index (χ1v) is 5.55. The van der Waals surface area contributed by atoms with Gasteiger partial charge in [0.15, 0.2) is 0 Å². The van der Waals surface area contributed by atoms with Crippen molar-refractivity contribution >= 4 is 19.7 Å². The summed E-state index contributed by atoms with van der Waals surface area (Å²) in [6.45, 7) is 0. The summed E-state index contributed by atoms with van der Waals surface area (Å²) in [5.74, 6) is 0. The first-order valence-electron chi connectivity index (χ1n) is 3.24. The van der Waals surface area contributed by atoms with Crippen molar-refractivity contribution in [3.05, 3.63) is 29.8 Å². The highest BCUT2D eigenvalue weighted by Crippen LogP contribution is 2.27. The molecule has 0 aliphatic heterocycles. The van der Waals surface area contributed by atoms with Crippen LogP contribution < -0.4 is 0 Å². The van der Waals surface area contributed by atoms with E-state index in [0.29, 0.717) is 0 Å². The van der Waals surface area contributed by atoms with E-state index in [2.05, 4.69) is 0 Å². The lowest BCUT2D eigenvalue weighted by molar-refractivity contribution is 0.148. The summed E-state index contributed by atoms with van der Waals surface area (Å²) in [6, 6.07) is 4.73. The highest BCUT2D eigenvalue weighted by molar-refractivity contribution is 8.13. The summed E-state index contributed by atoms with van der Waals surface area (Å²) < 4.78 is 46.1. The van der Waals surface area contributed by atoms with Crippen LogP contribution in [0.15, 0.2) is 29.2 Å². The van der Waals surface area contributed by atoms with E-state index < -0.39 is 25.9 Å². The minimum Gasteiger partial charge on any atom is -0.207 e. The van der Waals surface area contributed by atoms with E-state index in [-0.39, 0.29) is 0 Å². The fraction of sp³-hybridized carbons (Fsp3) is 0.143. The summed E-state index contributed by atoms with van der Waals surface area (Å²) in [6.07, 6.45) is -2.84. The molecule has 0 atom stereocenters. The number of halogens is 3. The lowest BCUT2D eigenvalue weighted by Crippen LogP contribution is -1.97. The molecule has 13 heavy (non-hydrogen) atoms. The SMILES string of the molecule is O=S(=O)(Cl)c1ccccc1C(F)F. The van der Waals surface area contributed by atoms with Crippen LogP contribution in [-0.2, 0) is 9.05 Å².